The monoisotopic (exact) mass is 284 g/mol. The van der Waals surface area contributed by atoms with E-state index in [1.54, 1.807) is 48.5 Å². The van der Waals surface area contributed by atoms with Gasteiger partial charge >= 0.3 is 0 Å². The molecule has 1 atom stereocenters. The van der Waals surface area contributed by atoms with Crippen molar-refractivity contribution >= 4 is 23.1 Å². The third-order valence-electron chi connectivity index (χ3n) is 2.95. The molecule has 0 bridgehead atoms. The van der Waals surface area contributed by atoms with E-state index in [0.717, 1.165) is 0 Å². The first-order valence-corrected chi connectivity index (χ1v) is 6.40. The number of ether oxygens (including phenoxy) is 1. The summed E-state index contributed by atoms with van der Waals surface area (Å²) in [5.41, 5.74) is 7.11. The zero-order valence-corrected chi connectivity index (χ0v) is 11.6. The summed E-state index contributed by atoms with van der Waals surface area (Å²) in [5.74, 6) is -0.920. The molecule has 0 saturated heterocycles. The Labute approximate surface area is 122 Å². The summed E-state index contributed by atoms with van der Waals surface area (Å²) < 4.78 is 5.04. The van der Waals surface area contributed by atoms with E-state index in [2.05, 4.69) is 5.32 Å². The predicted octanol–water partition coefficient (Wildman–Crippen LogP) is 2.11. The lowest BCUT2D eigenvalue weighted by Gasteiger charge is -2.14. The molecule has 108 valence electrons. The second kappa shape index (κ2) is 6.67. The number of hydrogen-bond donors (Lipinski definition) is 2. The molecule has 2 aromatic carbocycles. The largest absolute Gasteiger partial charge is 0.399 e. The molecule has 2 aromatic rings. The summed E-state index contributed by atoms with van der Waals surface area (Å²) >= 11 is 0. The van der Waals surface area contributed by atoms with Gasteiger partial charge in [-0.25, -0.2) is 0 Å². The highest BCUT2D eigenvalue weighted by Gasteiger charge is 2.27. The first-order chi connectivity index (χ1) is 10.1. The fourth-order valence-corrected chi connectivity index (χ4v) is 1.86. The Kier molecular flexibility index (Phi) is 4.68. The van der Waals surface area contributed by atoms with Crippen LogP contribution in [0.15, 0.2) is 54.6 Å². The van der Waals surface area contributed by atoms with Crippen molar-refractivity contribution in [2.45, 2.75) is 6.10 Å². The third-order valence-corrected chi connectivity index (χ3v) is 2.95. The van der Waals surface area contributed by atoms with E-state index in [9.17, 15) is 9.59 Å². The van der Waals surface area contributed by atoms with Gasteiger partial charge in [-0.2, -0.15) is 0 Å². The van der Waals surface area contributed by atoms with Crippen LogP contribution in [0.1, 0.15) is 10.4 Å². The summed E-state index contributed by atoms with van der Waals surface area (Å²) in [6, 6.07) is 15.2. The predicted molar refractivity (Wildman–Crippen MR) is 81.1 cm³/mol. The average molecular weight is 284 g/mol. The maximum atomic E-state index is 12.3. The molecule has 0 aliphatic rings. The van der Waals surface area contributed by atoms with Gasteiger partial charge in [0, 0.05) is 24.0 Å². The Balaban J connectivity index is 2.13. The average Bonchev–Trinajstić information content (AvgIpc) is 2.49. The Morgan fingerprint density at radius 2 is 1.67 bits per heavy atom. The van der Waals surface area contributed by atoms with Crippen molar-refractivity contribution in [3.8, 4) is 0 Å². The number of ketones is 1. The van der Waals surface area contributed by atoms with Gasteiger partial charge in [0.1, 0.15) is 0 Å². The minimum Gasteiger partial charge on any atom is -0.399 e. The van der Waals surface area contributed by atoms with Crippen molar-refractivity contribution in [2.24, 2.45) is 0 Å². The molecule has 5 heteroatoms. The maximum Gasteiger partial charge on any atom is 0.261 e. The molecule has 0 aliphatic carbocycles. The molecule has 21 heavy (non-hydrogen) atoms. The van der Waals surface area contributed by atoms with Crippen LogP contribution in [-0.2, 0) is 9.53 Å². The van der Waals surface area contributed by atoms with Crippen molar-refractivity contribution < 1.29 is 14.3 Å². The second-order valence-corrected chi connectivity index (χ2v) is 4.46. The van der Waals surface area contributed by atoms with Gasteiger partial charge in [0.25, 0.3) is 5.91 Å². The Bertz CT molecular complexity index is 624. The highest BCUT2D eigenvalue weighted by molar-refractivity contribution is 6.16. The number of hydrogen-bond acceptors (Lipinski definition) is 4. The highest BCUT2D eigenvalue weighted by atomic mass is 16.5. The second-order valence-electron chi connectivity index (χ2n) is 4.46. The summed E-state index contributed by atoms with van der Waals surface area (Å²) in [5, 5.41) is 2.65. The molecule has 2 rings (SSSR count). The number of anilines is 2. The first-order valence-electron chi connectivity index (χ1n) is 6.40. The van der Waals surface area contributed by atoms with E-state index in [1.165, 1.54) is 7.11 Å². The van der Waals surface area contributed by atoms with E-state index in [1.807, 2.05) is 6.07 Å². The van der Waals surface area contributed by atoms with Crippen LogP contribution in [0.2, 0.25) is 0 Å². The summed E-state index contributed by atoms with van der Waals surface area (Å²) in [4.78, 5) is 24.4. The minimum absolute atomic E-state index is 0.374. The van der Waals surface area contributed by atoms with Crippen molar-refractivity contribution in [1.29, 1.82) is 0 Å². The number of para-hydroxylation sites is 1. The van der Waals surface area contributed by atoms with Crippen LogP contribution in [0.25, 0.3) is 0 Å². The summed E-state index contributed by atoms with van der Waals surface area (Å²) in [6.07, 6.45) is -1.20. The van der Waals surface area contributed by atoms with Crippen LogP contribution in [0.3, 0.4) is 0 Å². The zero-order valence-electron chi connectivity index (χ0n) is 11.6. The van der Waals surface area contributed by atoms with Gasteiger partial charge in [-0.05, 0) is 36.4 Å². The van der Waals surface area contributed by atoms with Crippen LogP contribution in [0, 0.1) is 0 Å². The number of nitrogen functional groups attached to an aromatic ring is 1. The van der Waals surface area contributed by atoms with Crippen LogP contribution in [0.4, 0.5) is 11.4 Å². The van der Waals surface area contributed by atoms with Gasteiger partial charge in [-0.15, -0.1) is 0 Å². The number of nitrogens with one attached hydrogen (secondary N) is 1. The Morgan fingerprint density at radius 1 is 1.05 bits per heavy atom. The maximum absolute atomic E-state index is 12.3. The van der Waals surface area contributed by atoms with Crippen LogP contribution >= 0.6 is 0 Å². The molecule has 5 nitrogen and oxygen atoms in total. The smallest absolute Gasteiger partial charge is 0.261 e. The van der Waals surface area contributed by atoms with E-state index in [-0.39, 0.29) is 0 Å². The molecule has 0 fully saturated rings. The van der Waals surface area contributed by atoms with Crippen LogP contribution in [-0.4, -0.2) is 24.9 Å². The standard InChI is InChI=1S/C16H16N2O3/c1-21-15(14(19)11-7-9-12(17)10-8-11)16(20)18-13-5-3-2-4-6-13/h2-10,15H,17H2,1H3,(H,18,20). The zero-order chi connectivity index (χ0) is 15.2. The molecule has 0 aliphatic heterocycles. The molecule has 0 saturated carbocycles. The lowest BCUT2D eigenvalue weighted by molar-refractivity contribution is -0.123. The molecule has 1 amide bonds. The molecule has 0 radical (unpaired) electrons. The van der Waals surface area contributed by atoms with E-state index in [4.69, 9.17) is 10.5 Å². The van der Waals surface area contributed by atoms with Gasteiger partial charge in [-0.3, -0.25) is 9.59 Å². The number of rotatable bonds is 5. The van der Waals surface area contributed by atoms with E-state index >= 15 is 0 Å². The van der Waals surface area contributed by atoms with Crippen molar-refractivity contribution in [3.05, 3.63) is 60.2 Å². The topological polar surface area (TPSA) is 81.4 Å². The number of nitrogens with two attached hydrogens (primary N) is 1. The lowest BCUT2D eigenvalue weighted by atomic mass is 10.1. The minimum atomic E-state index is -1.20. The fraction of sp³-hybridized carbons (Fsp3) is 0.125. The van der Waals surface area contributed by atoms with Crippen molar-refractivity contribution in [2.75, 3.05) is 18.2 Å². The number of carbonyl (C=O) groups excluding carboxylic acids is 2. The van der Waals surface area contributed by atoms with Crippen molar-refractivity contribution in [3.63, 3.8) is 0 Å². The molecule has 0 spiro atoms. The summed E-state index contributed by atoms with van der Waals surface area (Å²) in [6.45, 7) is 0. The number of carbonyl (C=O) groups is 2. The number of amides is 1. The SMILES string of the molecule is COC(C(=O)Nc1ccccc1)C(=O)c1ccc(N)cc1. The molecule has 0 aromatic heterocycles. The fourth-order valence-electron chi connectivity index (χ4n) is 1.86. The summed E-state index contributed by atoms with van der Waals surface area (Å²) in [7, 11) is 1.32. The first kappa shape index (κ1) is 14.7. The van der Waals surface area contributed by atoms with E-state index in [0.29, 0.717) is 16.9 Å². The normalized spacial score (nSPS) is 11.7. The van der Waals surface area contributed by atoms with Gasteiger partial charge in [0.15, 0.2) is 6.10 Å². The highest BCUT2D eigenvalue weighted by Crippen LogP contribution is 2.12. The number of methoxy groups -OCH3 is 1. The molecule has 0 heterocycles. The van der Waals surface area contributed by atoms with Crippen LogP contribution < -0.4 is 11.1 Å². The molecular formula is C16H16N2O3. The molecule has 1 unspecified atom stereocenters. The Hall–Kier alpha value is -2.66. The molecular weight excluding hydrogens is 268 g/mol. The lowest BCUT2D eigenvalue weighted by Crippen LogP contribution is -2.36. The number of benzene rings is 2. The van der Waals surface area contributed by atoms with Crippen LogP contribution in [0.5, 0.6) is 0 Å². The Morgan fingerprint density at radius 3 is 2.24 bits per heavy atom. The molecule has 3 N–H and O–H groups in total. The van der Waals surface area contributed by atoms with Crippen molar-refractivity contribution in [1.82, 2.24) is 0 Å². The van der Waals surface area contributed by atoms with E-state index < -0.39 is 17.8 Å². The van der Waals surface area contributed by atoms with Gasteiger partial charge < -0.3 is 15.8 Å². The van der Waals surface area contributed by atoms with Gasteiger partial charge in [0.05, 0.1) is 0 Å². The van der Waals surface area contributed by atoms with Gasteiger partial charge in [-0.1, -0.05) is 18.2 Å². The quantitative estimate of drug-likeness (QED) is 0.500. The number of Topliss-reactive ketones (excluding diaryl/α,β-unsaturated/α-hetero) is 1. The third kappa shape index (κ3) is 3.67. The van der Waals surface area contributed by atoms with Gasteiger partial charge in [0.2, 0.25) is 5.78 Å².